The van der Waals surface area contributed by atoms with Gasteiger partial charge in [0.05, 0.1) is 22.0 Å². The highest BCUT2D eigenvalue weighted by molar-refractivity contribution is 6.34. The van der Waals surface area contributed by atoms with Crippen LogP contribution in [0.4, 0.5) is 0 Å². The third kappa shape index (κ3) is 3.28. The molecule has 1 heterocycles. The zero-order valence-corrected chi connectivity index (χ0v) is 12.6. The Labute approximate surface area is 127 Å². The van der Waals surface area contributed by atoms with Crippen molar-refractivity contribution in [1.82, 2.24) is 9.78 Å². The maximum Gasteiger partial charge on any atom is 0.175 e. The van der Waals surface area contributed by atoms with Gasteiger partial charge in [-0.15, -0.1) is 0 Å². The highest BCUT2D eigenvalue weighted by atomic mass is 35.5. The van der Waals surface area contributed by atoms with E-state index in [4.69, 9.17) is 27.3 Å². The van der Waals surface area contributed by atoms with Crippen molar-refractivity contribution < 1.29 is 9.94 Å². The van der Waals surface area contributed by atoms with Gasteiger partial charge in [0.15, 0.2) is 5.84 Å². The first-order valence-electron chi connectivity index (χ1n) is 6.47. The normalized spacial score (nSPS) is 11.7. The highest BCUT2D eigenvalue weighted by Crippen LogP contribution is 2.27. The minimum Gasteiger partial charge on any atom is -0.486 e. The number of halogens is 1. The van der Waals surface area contributed by atoms with Gasteiger partial charge in [0.25, 0.3) is 0 Å². The summed E-state index contributed by atoms with van der Waals surface area (Å²) in [7, 11) is 1.86. The van der Waals surface area contributed by atoms with Crippen molar-refractivity contribution >= 4 is 17.4 Å². The third-order valence-corrected chi connectivity index (χ3v) is 3.42. The fraction of sp³-hybridized carbons (Fsp3) is 0.286. The molecular weight excluding hydrogens is 292 g/mol. The Morgan fingerprint density at radius 1 is 1.52 bits per heavy atom. The van der Waals surface area contributed by atoms with Crippen LogP contribution in [0.2, 0.25) is 5.02 Å². The van der Waals surface area contributed by atoms with E-state index in [2.05, 4.69) is 10.3 Å². The second-order valence-electron chi connectivity index (χ2n) is 4.49. The Bertz CT molecular complexity index is 667. The van der Waals surface area contributed by atoms with E-state index < -0.39 is 0 Å². The van der Waals surface area contributed by atoms with Gasteiger partial charge in [-0.3, -0.25) is 4.68 Å². The predicted molar refractivity (Wildman–Crippen MR) is 80.9 cm³/mol. The lowest BCUT2D eigenvalue weighted by atomic mass is 10.2. The molecule has 3 N–H and O–H groups in total. The maximum absolute atomic E-state index is 8.84. The van der Waals surface area contributed by atoms with Gasteiger partial charge in [-0.05, 0) is 24.6 Å². The number of benzene rings is 1. The van der Waals surface area contributed by atoms with Gasteiger partial charge in [-0.25, -0.2) is 0 Å². The molecule has 0 aliphatic carbocycles. The third-order valence-electron chi connectivity index (χ3n) is 3.10. The standard InChI is InChI=1S/C14H17ClN4O2/c1-3-9-7-10(19(2)17-9)8-21-12-6-4-5-11(15)13(12)14(16)18-20/h4-7,20H,3,8H2,1-2H3,(H2,16,18). The van der Waals surface area contributed by atoms with Crippen LogP contribution in [-0.2, 0) is 20.1 Å². The monoisotopic (exact) mass is 308 g/mol. The van der Waals surface area contributed by atoms with Crippen LogP contribution in [0.25, 0.3) is 0 Å². The molecular formula is C14H17ClN4O2. The second-order valence-corrected chi connectivity index (χ2v) is 4.90. The lowest BCUT2D eigenvalue weighted by Gasteiger charge is -2.12. The topological polar surface area (TPSA) is 85.7 Å². The number of hydrogen-bond donors (Lipinski definition) is 2. The Kier molecular flexibility index (Phi) is 4.70. The molecule has 0 bridgehead atoms. The molecule has 0 atom stereocenters. The molecule has 0 aliphatic rings. The molecule has 0 saturated carbocycles. The SMILES string of the molecule is CCc1cc(COc2cccc(Cl)c2/C(N)=N/O)n(C)n1. The van der Waals surface area contributed by atoms with Crippen LogP contribution in [0.5, 0.6) is 5.75 Å². The van der Waals surface area contributed by atoms with Crippen molar-refractivity contribution in [3.05, 3.63) is 46.2 Å². The minimum absolute atomic E-state index is 0.0881. The van der Waals surface area contributed by atoms with Crippen molar-refractivity contribution in [3.8, 4) is 5.75 Å². The lowest BCUT2D eigenvalue weighted by molar-refractivity contribution is 0.293. The van der Waals surface area contributed by atoms with Gasteiger partial charge in [0, 0.05) is 7.05 Å². The number of oxime groups is 1. The number of ether oxygens (including phenoxy) is 1. The van der Waals surface area contributed by atoms with E-state index in [1.807, 2.05) is 20.0 Å². The number of aromatic nitrogens is 2. The molecule has 0 radical (unpaired) electrons. The van der Waals surface area contributed by atoms with Gasteiger partial charge in [0.1, 0.15) is 12.4 Å². The molecule has 1 aromatic heterocycles. The lowest BCUT2D eigenvalue weighted by Crippen LogP contribution is -2.16. The fourth-order valence-electron chi connectivity index (χ4n) is 1.95. The second kappa shape index (κ2) is 6.49. The maximum atomic E-state index is 8.84. The zero-order chi connectivity index (χ0) is 15.4. The highest BCUT2D eigenvalue weighted by Gasteiger charge is 2.14. The molecule has 2 aromatic rings. The van der Waals surface area contributed by atoms with Crippen LogP contribution in [-0.4, -0.2) is 20.8 Å². The van der Waals surface area contributed by atoms with Crippen LogP contribution in [0, 0.1) is 0 Å². The van der Waals surface area contributed by atoms with Crippen molar-refractivity contribution in [3.63, 3.8) is 0 Å². The molecule has 0 amide bonds. The summed E-state index contributed by atoms with van der Waals surface area (Å²) < 4.78 is 7.52. The smallest absolute Gasteiger partial charge is 0.175 e. The van der Waals surface area contributed by atoms with E-state index in [0.717, 1.165) is 17.8 Å². The van der Waals surface area contributed by atoms with Gasteiger partial charge >= 0.3 is 0 Å². The number of amidine groups is 1. The molecule has 7 heteroatoms. The summed E-state index contributed by atoms with van der Waals surface area (Å²) in [6.07, 6.45) is 0.861. The van der Waals surface area contributed by atoms with Crippen LogP contribution in [0.1, 0.15) is 23.9 Å². The molecule has 0 unspecified atom stereocenters. The first-order chi connectivity index (χ1) is 10.1. The molecule has 2 rings (SSSR count). The quantitative estimate of drug-likeness (QED) is 0.384. The molecule has 0 fully saturated rings. The summed E-state index contributed by atoms with van der Waals surface area (Å²) in [6.45, 7) is 2.36. The van der Waals surface area contributed by atoms with Crippen LogP contribution >= 0.6 is 11.6 Å². The van der Waals surface area contributed by atoms with Crippen LogP contribution < -0.4 is 10.5 Å². The Morgan fingerprint density at radius 2 is 2.29 bits per heavy atom. The van der Waals surface area contributed by atoms with Crippen LogP contribution in [0.3, 0.4) is 0 Å². The Hall–Kier alpha value is -2.21. The van der Waals surface area contributed by atoms with Gasteiger partial charge in [0.2, 0.25) is 0 Å². The zero-order valence-electron chi connectivity index (χ0n) is 11.9. The number of nitrogens with zero attached hydrogens (tertiary/aromatic N) is 3. The summed E-state index contributed by atoms with van der Waals surface area (Å²) in [5.74, 6) is 0.368. The summed E-state index contributed by atoms with van der Waals surface area (Å²) in [5.41, 5.74) is 7.94. The Balaban J connectivity index is 2.24. The van der Waals surface area contributed by atoms with Crippen LogP contribution in [0.15, 0.2) is 29.4 Å². The summed E-state index contributed by atoms with van der Waals surface area (Å²) in [4.78, 5) is 0. The average molecular weight is 309 g/mol. The van der Waals surface area contributed by atoms with Gasteiger partial charge in [-0.1, -0.05) is 29.7 Å². The summed E-state index contributed by atoms with van der Waals surface area (Å²) >= 11 is 6.07. The predicted octanol–water partition coefficient (Wildman–Crippen LogP) is 2.31. The van der Waals surface area contributed by atoms with Crippen molar-refractivity contribution in [1.29, 1.82) is 0 Å². The molecule has 1 aromatic carbocycles. The summed E-state index contributed by atoms with van der Waals surface area (Å²) in [6, 6.07) is 7.09. The molecule has 21 heavy (non-hydrogen) atoms. The van der Waals surface area contributed by atoms with E-state index in [0.29, 0.717) is 22.9 Å². The van der Waals surface area contributed by atoms with E-state index in [1.54, 1.807) is 22.9 Å². The van der Waals surface area contributed by atoms with E-state index in [1.165, 1.54) is 0 Å². The molecule has 0 aliphatic heterocycles. The Morgan fingerprint density at radius 3 is 2.90 bits per heavy atom. The molecule has 0 saturated heterocycles. The molecule has 6 nitrogen and oxygen atoms in total. The number of nitrogens with two attached hydrogens (primary N) is 1. The fourth-order valence-corrected chi connectivity index (χ4v) is 2.22. The van der Waals surface area contributed by atoms with Gasteiger partial charge < -0.3 is 15.7 Å². The van der Waals surface area contributed by atoms with Gasteiger partial charge in [-0.2, -0.15) is 5.10 Å². The number of hydrogen-bond acceptors (Lipinski definition) is 4. The number of rotatable bonds is 5. The van der Waals surface area contributed by atoms with E-state index in [-0.39, 0.29) is 5.84 Å². The van der Waals surface area contributed by atoms with E-state index >= 15 is 0 Å². The minimum atomic E-state index is -0.0881. The number of aryl methyl sites for hydroxylation is 2. The van der Waals surface area contributed by atoms with Crippen molar-refractivity contribution in [2.45, 2.75) is 20.0 Å². The van der Waals surface area contributed by atoms with Crippen molar-refractivity contribution in [2.75, 3.05) is 0 Å². The first kappa shape index (κ1) is 15.2. The summed E-state index contributed by atoms with van der Waals surface area (Å²) in [5, 5.41) is 16.5. The first-order valence-corrected chi connectivity index (χ1v) is 6.85. The molecule has 112 valence electrons. The average Bonchev–Trinajstić information content (AvgIpc) is 2.84. The molecule has 0 spiro atoms. The van der Waals surface area contributed by atoms with E-state index in [9.17, 15) is 0 Å². The largest absolute Gasteiger partial charge is 0.486 e. The van der Waals surface area contributed by atoms with Crippen molar-refractivity contribution in [2.24, 2.45) is 17.9 Å².